The maximum absolute atomic E-state index is 12.9. The van der Waals surface area contributed by atoms with E-state index in [2.05, 4.69) is 10.4 Å². The van der Waals surface area contributed by atoms with Crippen molar-refractivity contribution in [2.75, 3.05) is 12.0 Å². The minimum Gasteiger partial charge on any atom is -0.496 e. The normalized spacial score (nSPS) is 14.7. The summed E-state index contributed by atoms with van der Waals surface area (Å²) in [5, 5.41) is 18.1. The van der Waals surface area contributed by atoms with Crippen molar-refractivity contribution in [2.24, 2.45) is 0 Å². The van der Waals surface area contributed by atoms with Gasteiger partial charge in [0.15, 0.2) is 5.11 Å². The maximum atomic E-state index is 12.9. The van der Waals surface area contributed by atoms with Crippen LogP contribution in [0.4, 0.5) is 11.5 Å². The molecule has 0 bridgehead atoms. The molecule has 3 aromatic rings. The van der Waals surface area contributed by atoms with Crippen molar-refractivity contribution < 1.29 is 14.5 Å². The first-order valence-corrected chi connectivity index (χ1v) is 9.64. The van der Waals surface area contributed by atoms with Crippen molar-refractivity contribution in [3.05, 3.63) is 87.7 Å². The number of nitrogens with zero attached hydrogens (tertiary/aromatic N) is 4. The second-order valence-electron chi connectivity index (χ2n) is 6.66. The standard InChI is InChI=1S/C21H17N5O4S/c1-30-18-8-7-14(11-15(18)13-24-10-9-19(23-24)26(28)29)12-17-20(27)25(21(31)22-17)16-5-3-2-4-6-16/h2-12H,13H2,1H3,(H,22,31)/b17-12+. The van der Waals surface area contributed by atoms with Crippen LogP contribution in [0.15, 0.2) is 66.5 Å². The number of para-hydroxylation sites is 1. The van der Waals surface area contributed by atoms with E-state index in [1.165, 1.54) is 21.8 Å². The zero-order chi connectivity index (χ0) is 22.0. The quantitative estimate of drug-likeness (QED) is 0.275. The van der Waals surface area contributed by atoms with Crippen LogP contribution in [-0.2, 0) is 11.3 Å². The molecule has 2 heterocycles. The zero-order valence-corrected chi connectivity index (χ0v) is 17.2. The predicted molar refractivity (Wildman–Crippen MR) is 119 cm³/mol. The van der Waals surface area contributed by atoms with Crippen molar-refractivity contribution >= 4 is 40.8 Å². The van der Waals surface area contributed by atoms with Gasteiger partial charge in [0.05, 0.1) is 36.7 Å². The Hall–Kier alpha value is -4.05. The monoisotopic (exact) mass is 435 g/mol. The first-order valence-electron chi connectivity index (χ1n) is 9.23. The van der Waals surface area contributed by atoms with E-state index in [-0.39, 0.29) is 18.3 Å². The van der Waals surface area contributed by atoms with Gasteiger partial charge in [-0.05, 0) is 53.0 Å². The third kappa shape index (κ3) is 4.14. The molecule has 1 fully saturated rings. The van der Waals surface area contributed by atoms with E-state index < -0.39 is 4.92 Å². The average Bonchev–Trinajstić information content (AvgIpc) is 3.33. The Morgan fingerprint density at radius 2 is 2.00 bits per heavy atom. The highest BCUT2D eigenvalue weighted by Gasteiger charge is 2.31. The molecule has 0 atom stereocenters. The minimum atomic E-state index is -0.548. The fraction of sp³-hybridized carbons (Fsp3) is 0.0952. The first kappa shape index (κ1) is 20.2. The second kappa shape index (κ2) is 8.36. The number of hydrogen-bond acceptors (Lipinski definition) is 6. The lowest BCUT2D eigenvalue weighted by molar-refractivity contribution is -0.389. The Labute approximate surface area is 182 Å². The molecule has 0 unspecified atom stereocenters. The molecule has 0 spiro atoms. The number of thiocarbonyl (C=S) groups is 1. The highest BCUT2D eigenvalue weighted by molar-refractivity contribution is 7.80. The van der Waals surface area contributed by atoms with Gasteiger partial charge < -0.3 is 20.2 Å². The molecule has 1 amide bonds. The van der Waals surface area contributed by atoms with Crippen LogP contribution in [0.3, 0.4) is 0 Å². The maximum Gasteiger partial charge on any atom is 0.389 e. The Bertz CT molecular complexity index is 1210. The summed E-state index contributed by atoms with van der Waals surface area (Å²) in [4.78, 5) is 24.6. The number of hydrogen-bond donors (Lipinski definition) is 1. The Morgan fingerprint density at radius 1 is 1.23 bits per heavy atom. The third-order valence-corrected chi connectivity index (χ3v) is 4.94. The molecule has 0 saturated carbocycles. The molecule has 156 valence electrons. The van der Waals surface area contributed by atoms with E-state index in [1.54, 1.807) is 19.3 Å². The van der Waals surface area contributed by atoms with Gasteiger partial charge in [-0.25, -0.2) is 0 Å². The molecular weight excluding hydrogens is 418 g/mol. The third-order valence-electron chi connectivity index (χ3n) is 4.65. The molecule has 2 aromatic carbocycles. The van der Waals surface area contributed by atoms with Crippen LogP contribution in [0, 0.1) is 10.1 Å². The van der Waals surface area contributed by atoms with Crippen LogP contribution in [0.25, 0.3) is 6.08 Å². The van der Waals surface area contributed by atoms with Crippen molar-refractivity contribution in [1.82, 2.24) is 15.1 Å². The van der Waals surface area contributed by atoms with Crippen molar-refractivity contribution in [3.63, 3.8) is 0 Å². The molecule has 4 rings (SSSR count). The fourth-order valence-corrected chi connectivity index (χ4v) is 3.53. The number of amides is 1. The topological polar surface area (TPSA) is 103 Å². The van der Waals surface area contributed by atoms with Gasteiger partial charge in [0.25, 0.3) is 5.91 Å². The zero-order valence-electron chi connectivity index (χ0n) is 16.4. The van der Waals surface area contributed by atoms with Crippen LogP contribution in [0.1, 0.15) is 11.1 Å². The van der Waals surface area contributed by atoms with Gasteiger partial charge in [0.1, 0.15) is 11.4 Å². The van der Waals surface area contributed by atoms with Crippen LogP contribution in [0.2, 0.25) is 0 Å². The molecule has 1 aromatic heterocycles. The molecule has 31 heavy (non-hydrogen) atoms. The summed E-state index contributed by atoms with van der Waals surface area (Å²) in [6.45, 7) is 0.268. The smallest absolute Gasteiger partial charge is 0.389 e. The fourth-order valence-electron chi connectivity index (χ4n) is 3.24. The minimum absolute atomic E-state index is 0.229. The summed E-state index contributed by atoms with van der Waals surface area (Å²) in [5.74, 6) is 0.122. The van der Waals surface area contributed by atoms with E-state index in [9.17, 15) is 14.9 Å². The average molecular weight is 435 g/mol. The van der Waals surface area contributed by atoms with E-state index in [0.29, 0.717) is 22.2 Å². The summed E-state index contributed by atoms with van der Waals surface area (Å²) < 4.78 is 6.86. The molecule has 0 radical (unpaired) electrons. The van der Waals surface area contributed by atoms with Crippen LogP contribution in [-0.4, -0.2) is 32.8 Å². The van der Waals surface area contributed by atoms with Crippen LogP contribution in [0.5, 0.6) is 5.75 Å². The van der Waals surface area contributed by atoms with Gasteiger partial charge in [-0.15, -0.1) is 0 Å². The lowest BCUT2D eigenvalue weighted by atomic mass is 10.1. The summed E-state index contributed by atoms with van der Waals surface area (Å²) in [6, 6.07) is 15.9. The molecule has 10 heteroatoms. The number of rotatable bonds is 6. The molecule has 0 aliphatic carbocycles. The van der Waals surface area contributed by atoms with E-state index >= 15 is 0 Å². The molecule has 1 aliphatic rings. The van der Waals surface area contributed by atoms with Gasteiger partial charge in [0, 0.05) is 5.56 Å². The van der Waals surface area contributed by atoms with Crippen molar-refractivity contribution in [2.45, 2.75) is 6.54 Å². The number of carbonyl (C=O) groups is 1. The Kier molecular flexibility index (Phi) is 5.46. The lowest BCUT2D eigenvalue weighted by Crippen LogP contribution is -2.30. The van der Waals surface area contributed by atoms with E-state index in [0.717, 1.165) is 11.1 Å². The van der Waals surface area contributed by atoms with Gasteiger partial charge in [-0.1, -0.05) is 24.3 Å². The lowest BCUT2D eigenvalue weighted by Gasteiger charge is -2.13. The summed E-state index contributed by atoms with van der Waals surface area (Å²) >= 11 is 5.33. The highest BCUT2D eigenvalue weighted by Crippen LogP contribution is 2.25. The van der Waals surface area contributed by atoms with Crippen molar-refractivity contribution in [3.8, 4) is 5.75 Å². The summed E-state index contributed by atoms with van der Waals surface area (Å²) in [6.07, 6.45) is 3.23. The SMILES string of the molecule is COc1ccc(/C=C2/NC(=S)N(c3ccccc3)C2=O)cc1Cn1ccc([N+](=O)[O-])n1. The molecule has 1 saturated heterocycles. The number of aromatic nitrogens is 2. The molecule has 1 aliphatic heterocycles. The van der Waals surface area contributed by atoms with Gasteiger partial charge in [0.2, 0.25) is 0 Å². The van der Waals surface area contributed by atoms with Gasteiger partial charge in [-0.3, -0.25) is 9.69 Å². The van der Waals surface area contributed by atoms with Crippen LogP contribution >= 0.6 is 12.2 Å². The van der Waals surface area contributed by atoms with E-state index in [4.69, 9.17) is 17.0 Å². The second-order valence-corrected chi connectivity index (χ2v) is 7.05. The number of ether oxygens (including phenoxy) is 1. The van der Waals surface area contributed by atoms with Crippen molar-refractivity contribution in [1.29, 1.82) is 0 Å². The van der Waals surface area contributed by atoms with Gasteiger partial charge >= 0.3 is 5.82 Å². The molecule has 1 N–H and O–H groups in total. The number of benzene rings is 2. The largest absolute Gasteiger partial charge is 0.496 e. The molecular formula is C21H17N5O4S. The number of nitro groups is 1. The number of nitrogens with one attached hydrogen (secondary N) is 1. The van der Waals surface area contributed by atoms with Gasteiger partial charge in [-0.2, -0.15) is 4.68 Å². The van der Waals surface area contributed by atoms with Crippen LogP contribution < -0.4 is 15.0 Å². The summed E-state index contributed by atoms with van der Waals surface area (Å²) in [5.41, 5.74) is 2.53. The Balaban J connectivity index is 1.62. The number of methoxy groups -OCH3 is 1. The number of carbonyl (C=O) groups excluding carboxylic acids is 1. The number of anilines is 1. The molecule has 9 nitrogen and oxygen atoms in total. The van der Waals surface area contributed by atoms with E-state index in [1.807, 2.05) is 42.5 Å². The predicted octanol–water partition coefficient (Wildman–Crippen LogP) is 3.11. The summed E-state index contributed by atoms with van der Waals surface area (Å²) in [7, 11) is 1.54. The first-order chi connectivity index (χ1) is 15.0. The Morgan fingerprint density at radius 3 is 2.68 bits per heavy atom. The highest BCUT2D eigenvalue weighted by atomic mass is 32.1.